The molecule has 1 rings (SSSR count). The van der Waals surface area contributed by atoms with Crippen molar-refractivity contribution in [2.24, 2.45) is 0 Å². The predicted molar refractivity (Wildman–Crippen MR) is 56.6 cm³/mol. The summed E-state index contributed by atoms with van der Waals surface area (Å²) in [6.07, 6.45) is 0. The zero-order chi connectivity index (χ0) is 10.9. The molecule has 0 saturated carbocycles. The van der Waals surface area contributed by atoms with Crippen molar-refractivity contribution in [3.8, 4) is 0 Å². The molecule has 0 radical (unpaired) electrons. The van der Waals surface area contributed by atoms with E-state index in [9.17, 15) is 4.79 Å². The largest absolute Gasteiger partial charge is 0.481 e. The first-order valence-electron chi connectivity index (χ1n) is 4.67. The van der Waals surface area contributed by atoms with Crippen LogP contribution in [0.15, 0.2) is 18.2 Å². The monoisotopic (exact) mass is 192 g/mol. The van der Waals surface area contributed by atoms with Crippen LogP contribution in [0.25, 0.3) is 0 Å². The molecule has 2 nitrogen and oxygen atoms in total. The average Bonchev–Trinajstić information content (AvgIpc) is 2.08. The molecular weight excluding hydrogens is 176 g/mol. The molecule has 76 valence electrons. The smallest absolute Gasteiger partial charge is 0.313 e. The fraction of sp³-hybridized carbons (Fsp3) is 0.417. The first-order chi connectivity index (χ1) is 6.35. The Kier molecular flexibility index (Phi) is 2.65. The summed E-state index contributed by atoms with van der Waals surface area (Å²) in [4.78, 5) is 11.1. The van der Waals surface area contributed by atoms with Gasteiger partial charge in [0.1, 0.15) is 0 Å². The Hall–Kier alpha value is -1.31. The Labute approximate surface area is 84.6 Å². The van der Waals surface area contributed by atoms with E-state index in [4.69, 9.17) is 5.11 Å². The molecule has 0 aromatic heterocycles. The molecule has 0 heterocycles. The van der Waals surface area contributed by atoms with E-state index >= 15 is 0 Å². The maximum absolute atomic E-state index is 11.1. The number of rotatable bonds is 2. The van der Waals surface area contributed by atoms with E-state index in [-0.39, 0.29) is 0 Å². The van der Waals surface area contributed by atoms with Crippen molar-refractivity contribution in [1.29, 1.82) is 0 Å². The number of carbonyl (C=O) groups is 1. The van der Waals surface area contributed by atoms with Crippen LogP contribution in [0, 0.1) is 13.8 Å². The molecule has 0 aliphatic heterocycles. The fourth-order valence-corrected chi connectivity index (χ4v) is 1.52. The van der Waals surface area contributed by atoms with E-state index in [1.54, 1.807) is 13.8 Å². The van der Waals surface area contributed by atoms with Crippen molar-refractivity contribution in [1.82, 2.24) is 0 Å². The first kappa shape index (κ1) is 10.8. The van der Waals surface area contributed by atoms with Gasteiger partial charge >= 0.3 is 5.97 Å². The van der Waals surface area contributed by atoms with Gasteiger partial charge in [0.25, 0.3) is 0 Å². The maximum atomic E-state index is 11.1. The molecule has 2 heteroatoms. The number of carboxylic acid groups (broad SMARTS) is 1. The van der Waals surface area contributed by atoms with E-state index in [1.165, 1.54) is 0 Å². The van der Waals surface area contributed by atoms with Crippen LogP contribution in [0.2, 0.25) is 0 Å². The minimum atomic E-state index is -0.809. The van der Waals surface area contributed by atoms with Gasteiger partial charge in [0.05, 0.1) is 5.41 Å². The molecule has 0 bridgehead atoms. The first-order valence-corrected chi connectivity index (χ1v) is 4.67. The van der Waals surface area contributed by atoms with Crippen LogP contribution < -0.4 is 0 Å². The zero-order valence-electron chi connectivity index (χ0n) is 9.09. The van der Waals surface area contributed by atoms with Gasteiger partial charge in [-0.3, -0.25) is 4.79 Å². The minimum absolute atomic E-state index is 0.786. The van der Waals surface area contributed by atoms with Gasteiger partial charge in [-0.05, 0) is 38.8 Å². The van der Waals surface area contributed by atoms with Crippen molar-refractivity contribution in [3.05, 3.63) is 34.9 Å². The summed E-state index contributed by atoms with van der Waals surface area (Å²) in [6.45, 7) is 7.38. The summed E-state index contributed by atoms with van der Waals surface area (Å²) < 4.78 is 0. The van der Waals surface area contributed by atoms with E-state index < -0.39 is 11.4 Å². The highest BCUT2D eigenvalue weighted by Gasteiger charge is 2.30. The molecule has 0 saturated heterocycles. The van der Waals surface area contributed by atoms with Crippen molar-refractivity contribution in [3.63, 3.8) is 0 Å². The highest BCUT2D eigenvalue weighted by Crippen LogP contribution is 2.27. The Morgan fingerprint density at radius 1 is 1.29 bits per heavy atom. The van der Waals surface area contributed by atoms with Crippen molar-refractivity contribution < 1.29 is 9.90 Å². The molecule has 0 atom stereocenters. The fourth-order valence-electron chi connectivity index (χ4n) is 1.52. The summed E-state index contributed by atoms with van der Waals surface area (Å²) in [6, 6.07) is 5.91. The van der Waals surface area contributed by atoms with Crippen molar-refractivity contribution in [2.75, 3.05) is 0 Å². The van der Waals surface area contributed by atoms with Crippen LogP contribution in [0.3, 0.4) is 0 Å². The molecule has 1 N–H and O–H groups in total. The molecule has 0 aliphatic carbocycles. The maximum Gasteiger partial charge on any atom is 0.313 e. The summed E-state index contributed by atoms with van der Waals surface area (Å²) >= 11 is 0. The lowest BCUT2D eigenvalue weighted by Gasteiger charge is -2.22. The second kappa shape index (κ2) is 3.45. The number of hydrogen-bond acceptors (Lipinski definition) is 1. The lowest BCUT2D eigenvalue weighted by molar-refractivity contribution is -0.142. The molecule has 1 aromatic rings. The topological polar surface area (TPSA) is 37.3 Å². The summed E-state index contributed by atoms with van der Waals surface area (Å²) in [5, 5.41) is 9.11. The molecular formula is C12H16O2. The summed E-state index contributed by atoms with van der Waals surface area (Å²) in [5.74, 6) is -0.786. The van der Waals surface area contributed by atoms with Gasteiger partial charge < -0.3 is 5.11 Å². The molecule has 0 aliphatic rings. The van der Waals surface area contributed by atoms with Crippen molar-refractivity contribution >= 4 is 5.97 Å². The number of carboxylic acids is 1. The van der Waals surface area contributed by atoms with Crippen LogP contribution >= 0.6 is 0 Å². The van der Waals surface area contributed by atoms with Gasteiger partial charge in [-0.25, -0.2) is 0 Å². The van der Waals surface area contributed by atoms with E-state index in [1.807, 2.05) is 32.0 Å². The molecule has 14 heavy (non-hydrogen) atoms. The molecule has 0 spiro atoms. The van der Waals surface area contributed by atoms with Gasteiger partial charge in [0.15, 0.2) is 0 Å². The van der Waals surface area contributed by atoms with Crippen LogP contribution in [-0.4, -0.2) is 11.1 Å². The molecule has 0 amide bonds. The van der Waals surface area contributed by atoms with Crippen LogP contribution in [-0.2, 0) is 10.2 Å². The van der Waals surface area contributed by atoms with Gasteiger partial charge in [0, 0.05) is 0 Å². The van der Waals surface area contributed by atoms with Gasteiger partial charge in [-0.1, -0.05) is 23.8 Å². The van der Waals surface area contributed by atoms with E-state index in [2.05, 4.69) is 0 Å². The van der Waals surface area contributed by atoms with Gasteiger partial charge in [-0.15, -0.1) is 0 Å². The number of hydrogen-bond donors (Lipinski definition) is 1. The summed E-state index contributed by atoms with van der Waals surface area (Å²) in [7, 11) is 0. The Balaban J connectivity index is 3.31. The van der Waals surface area contributed by atoms with Crippen LogP contribution in [0.5, 0.6) is 0 Å². The third kappa shape index (κ3) is 1.79. The quantitative estimate of drug-likeness (QED) is 0.782. The number of aliphatic carboxylic acids is 1. The minimum Gasteiger partial charge on any atom is -0.481 e. The second-order valence-corrected chi connectivity index (χ2v) is 4.25. The zero-order valence-corrected chi connectivity index (χ0v) is 9.09. The lowest BCUT2D eigenvalue weighted by atomic mass is 9.81. The van der Waals surface area contributed by atoms with Crippen molar-refractivity contribution in [2.45, 2.75) is 33.1 Å². The molecule has 0 unspecified atom stereocenters. The van der Waals surface area contributed by atoms with Crippen LogP contribution in [0.4, 0.5) is 0 Å². The van der Waals surface area contributed by atoms with E-state index in [0.29, 0.717) is 0 Å². The normalized spacial score (nSPS) is 11.4. The highest BCUT2D eigenvalue weighted by atomic mass is 16.4. The van der Waals surface area contributed by atoms with Gasteiger partial charge in [0.2, 0.25) is 0 Å². The third-order valence-corrected chi connectivity index (χ3v) is 2.60. The predicted octanol–water partition coefficient (Wildman–Crippen LogP) is 2.67. The number of benzene rings is 1. The second-order valence-electron chi connectivity index (χ2n) is 4.25. The average molecular weight is 192 g/mol. The Morgan fingerprint density at radius 2 is 1.86 bits per heavy atom. The molecule has 0 fully saturated rings. The third-order valence-electron chi connectivity index (χ3n) is 2.60. The van der Waals surface area contributed by atoms with Gasteiger partial charge in [-0.2, -0.15) is 0 Å². The Morgan fingerprint density at radius 3 is 2.36 bits per heavy atom. The molecule has 1 aromatic carbocycles. The summed E-state index contributed by atoms with van der Waals surface area (Å²) in [5.41, 5.74) is 2.21. The van der Waals surface area contributed by atoms with Crippen LogP contribution in [0.1, 0.15) is 30.5 Å². The standard InChI is InChI=1S/C12H16O2/c1-8-5-6-9(2)10(7-8)12(3,4)11(13)14/h5-7H,1-4H3,(H,13,14). The SMILES string of the molecule is Cc1ccc(C)c(C(C)(C)C(=O)O)c1. The highest BCUT2D eigenvalue weighted by molar-refractivity contribution is 5.80. The lowest BCUT2D eigenvalue weighted by Crippen LogP contribution is -2.29. The van der Waals surface area contributed by atoms with E-state index in [0.717, 1.165) is 16.7 Å². The number of aryl methyl sites for hydroxylation is 2. The Bertz CT molecular complexity index is 365.